The Morgan fingerprint density at radius 1 is 0.826 bits per heavy atom. The molecule has 0 amide bonds. The highest BCUT2D eigenvalue weighted by Crippen LogP contribution is 2.02. The van der Waals surface area contributed by atoms with E-state index in [1.165, 1.54) is 0 Å². The van der Waals surface area contributed by atoms with Crippen LogP contribution in [-0.2, 0) is 10.4 Å². The molecule has 0 unspecified atom stereocenters. The van der Waals surface area contributed by atoms with Gasteiger partial charge in [-0.1, -0.05) is 30.3 Å². The summed E-state index contributed by atoms with van der Waals surface area (Å²) in [6.45, 7) is 4.56. The maximum absolute atomic E-state index is 8.74. The van der Waals surface area contributed by atoms with E-state index in [0.29, 0.717) is 5.75 Å². The summed E-state index contributed by atoms with van der Waals surface area (Å²) in [7, 11) is -4.67. The van der Waals surface area contributed by atoms with E-state index in [1.807, 2.05) is 29.0 Å². The Balaban J connectivity index is 0.000000284. The van der Waals surface area contributed by atoms with Crippen LogP contribution in [0.25, 0.3) is 0 Å². The van der Waals surface area contributed by atoms with Gasteiger partial charge in [0.15, 0.2) is 0 Å². The van der Waals surface area contributed by atoms with E-state index in [1.54, 1.807) is 35.6 Å². The monoisotopic (exact) mass is 362 g/mol. The minimum Gasteiger partial charge on any atom is -0.508 e. The predicted octanol–water partition coefficient (Wildman–Crippen LogP) is 1.67. The molecule has 0 aliphatic carbocycles. The molecule has 130 valence electrons. The lowest BCUT2D eigenvalue weighted by Crippen LogP contribution is -2.39. The van der Waals surface area contributed by atoms with Crippen LogP contribution in [-0.4, -0.2) is 48.8 Å². The van der Waals surface area contributed by atoms with Crippen molar-refractivity contribution in [2.24, 2.45) is 0 Å². The van der Waals surface area contributed by atoms with Crippen molar-refractivity contribution >= 4 is 21.7 Å². The summed E-state index contributed by atoms with van der Waals surface area (Å²) in [6, 6.07) is 12.7. The fourth-order valence-electron chi connectivity index (χ4n) is 1.26. The summed E-state index contributed by atoms with van der Waals surface area (Å²) in [5, 5.41) is 19.2. The minimum absolute atomic E-state index is 0.322. The summed E-state index contributed by atoms with van der Waals surface area (Å²) in [6.07, 6.45) is 0. The van der Waals surface area contributed by atoms with Crippen LogP contribution in [0, 0.1) is 0 Å². The van der Waals surface area contributed by atoms with Crippen molar-refractivity contribution in [1.29, 1.82) is 0 Å². The fourth-order valence-corrected chi connectivity index (χ4v) is 1.71. The largest absolute Gasteiger partial charge is 0.508 e. The van der Waals surface area contributed by atoms with Crippen molar-refractivity contribution in [3.63, 3.8) is 0 Å². The van der Waals surface area contributed by atoms with E-state index < -0.39 is 10.4 Å². The highest BCUT2D eigenvalue weighted by atomic mass is 32.3. The number of hydrogen-bond acceptors (Lipinski definition) is 6. The van der Waals surface area contributed by atoms with Crippen molar-refractivity contribution in [2.75, 3.05) is 26.2 Å². The smallest absolute Gasteiger partial charge is 0.394 e. The Morgan fingerprint density at radius 2 is 1.22 bits per heavy atom. The summed E-state index contributed by atoms with van der Waals surface area (Å²) in [4.78, 5) is 0. The molecule has 3 rings (SSSR count). The number of nitrogens with one attached hydrogen (secondary N) is 2. The standard InChI is InChI=1S/C6H6O.C4H10N2.C4H4S.H2O4S/c7-6-4-2-1-3-5-6;1-2-6-4-3-5-1;1-2-4-5-3-1;1-5(2,3)4/h1-5,7H;5-6H,1-4H2;1-4H;(H2,1,2,3,4). The number of phenols is 1. The molecule has 7 nitrogen and oxygen atoms in total. The SMILES string of the molecule is C1CNCCN1.O=S(=O)(O)O.Oc1ccccc1.c1ccsc1. The van der Waals surface area contributed by atoms with Crippen molar-refractivity contribution in [3.05, 3.63) is 53.2 Å². The maximum Gasteiger partial charge on any atom is 0.394 e. The maximum atomic E-state index is 8.74. The van der Waals surface area contributed by atoms with Gasteiger partial charge in [0.2, 0.25) is 0 Å². The number of piperazine rings is 1. The molecule has 9 heteroatoms. The van der Waals surface area contributed by atoms with E-state index in [0.717, 1.165) is 26.2 Å². The van der Waals surface area contributed by atoms with E-state index >= 15 is 0 Å². The van der Waals surface area contributed by atoms with Gasteiger partial charge in [-0.05, 0) is 22.9 Å². The molecule has 1 fully saturated rings. The van der Waals surface area contributed by atoms with Gasteiger partial charge in [-0.25, -0.2) is 0 Å². The normalized spacial score (nSPS) is 13.1. The topological polar surface area (TPSA) is 119 Å². The first-order chi connectivity index (χ1) is 10.9. The Bertz CT molecular complexity index is 521. The zero-order chi connectivity index (χ0) is 17.4. The second kappa shape index (κ2) is 14.1. The van der Waals surface area contributed by atoms with Gasteiger partial charge in [0, 0.05) is 26.2 Å². The van der Waals surface area contributed by atoms with Gasteiger partial charge in [0.1, 0.15) is 5.75 Å². The molecular formula is C14H22N2O5S2. The van der Waals surface area contributed by atoms with Crippen LogP contribution in [0.3, 0.4) is 0 Å². The number of thiophene rings is 1. The van der Waals surface area contributed by atoms with Crippen molar-refractivity contribution < 1.29 is 22.6 Å². The first-order valence-corrected chi connectivity index (χ1v) is 9.06. The zero-order valence-corrected chi connectivity index (χ0v) is 14.1. The molecule has 2 aromatic rings. The van der Waals surface area contributed by atoms with E-state index in [2.05, 4.69) is 10.6 Å². The first kappa shape index (κ1) is 21.5. The molecule has 1 saturated heterocycles. The van der Waals surface area contributed by atoms with Gasteiger partial charge in [0.05, 0.1) is 0 Å². The number of para-hydroxylation sites is 1. The quantitative estimate of drug-likeness (QED) is 0.452. The molecule has 2 heterocycles. The van der Waals surface area contributed by atoms with Crippen LogP contribution >= 0.6 is 11.3 Å². The lowest BCUT2D eigenvalue weighted by Gasteiger charge is -2.11. The number of benzene rings is 1. The number of hydrogen-bond donors (Lipinski definition) is 5. The molecular weight excluding hydrogens is 340 g/mol. The van der Waals surface area contributed by atoms with Gasteiger partial charge in [0.25, 0.3) is 0 Å². The van der Waals surface area contributed by atoms with Crippen molar-refractivity contribution in [3.8, 4) is 5.75 Å². The Hall–Kier alpha value is -1.49. The van der Waals surface area contributed by atoms with Gasteiger partial charge >= 0.3 is 10.4 Å². The van der Waals surface area contributed by atoms with E-state index in [-0.39, 0.29) is 0 Å². The first-order valence-electron chi connectivity index (χ1n) is 6.72. The molecule has 0 atom stereocenters. The van der Waals surface area contributed by atoms with Gasteiger partial charge in [-0.3, -0.25) is 9.11 Å². The van der Waals surface area contributed by atoms with E-state index in [4.69, 9.17) is 22.6 Å². The van der Waals surface area contributed by atoms with Crippen LogP contribution in [0.2, 0.25) is 0 Å². The molecule has 0 saturated carbocycles. The Kier molecular flexibility index (Phi) is 13.2. The number of phenolic OH excluding ortho intramolecular Hbond substituents is 1. The van der Waals surface area contributed by atoms with Crippen LogP contribution < -0.4 is 10.6 Å². The average Bonchev–Trinajstić information content (AvgIpc) is 3.08. The lowest BCUT2D eigenvalue weighted by molar-refractivity contribution is 0.381. The summed E-state index contributed by atoms with van der Waals surface area (Å²) in [5.74, 6) is 0.322. The van der Waals surface area contributed by atoms with Crippen molar-refractivity contribution in [1.82, 2.24) is 10.6 Å². The molecule has 1 aliphatic rings. The highest BCUT2D eigenvalue weighted by Gasteiger charge is 1.91. The molecule has 1 aromatic carbocycles. The third-order valence-electron chi connectivity index (χ3n) is 2.14. The van der Waals surface area contributed by atoms with Gasteiger partial charge in [-0.15, -0.1) is 0 Å². The van der Waals surface area contributed by atoms with Crippen LogP contribution in [0.4, 0.5) is 0 Å². The van der Waals surface area contributed by atoms with Crippen LogP contribution in [0.5, 0.6) is 5.75 Å². The zero-order valence-electron chi connectivity index (χ0n) is 12.5. The van der Waals surface area contributed by atoms with Crippen LogP contribution in [0.15, 0.2) is 53.2 Å². The van der Waals surface area contributed by atoms with Crippen molar-refractivity contribution in [2.45, 2.75) is 0 Å². The van der Waals surface area contributed by atoms with Gasteiger partial charge in [-0.2, -0.15) is 19.8 Å². The average molecular weight is 362 g/mol. The highest BCUT2D eigenvalue weighted by molar-refractivity contribution is 7.79. The molecule has 1 aliphatic heterocycles. The molecule has 5 N–H and O–H groups in total. The van der Waals surface area contributed by atoms with E-state index in [9.17, 15) is 0 Å². The van der Waals surface area contributed by atoms with Gasteiger partial charge < -0.3 is 15.7 Å². The predicted molar refractivity (Wildman–Crippen MR) is 92.3 cm³/mol. The number of rotatable bonds is 0. The lowest BCUT2D eigenvalue weighted by atomic mass is 10.3. The number of aromatic hydroxyl groups is 1. The van der Waals surface area contributed by atoms with Crippen LogP contribution in [0.1, 0.15) is 0 Å². The summed E-state index contributed by atoms with van der Waals surface area (Å²) < 4.78 is 31.6. The molecule has 1 aromatic heterocycles. The molecule has 0 bridgehead atoms. The third-order valence-corrected chi connectivity index (χ3v) is 2.77. The Labute approximate surface area is 140 Å². The summed E-state index contributed by atoms with van der Waals surface area (Å²) >= 11 is 1.71. The molecule has 0 radical (unpaired) electrons. The molecule has 0 spiro atoms. The minimum atomic E-state index is -4.67. The molecule has 23 heavy (non-hydrogen) atoms. The third kappa shape index (κ3) is 22.9. The summed E-state index contributed by atoms with van der Waals surface area (Å²) in [5.41, 5.74) is 0. The second-order valence-electron chi connectivity index (χ2n) is 4.08. The second-order valence-corrected chi connectivity index (χ2v) is 5.79. The Morgan fingerprint density at radius 3 is 1.39 bits per heavy atom. The fraction of sp³-hybridized carbons (Fsp3) is 0.286.